The first kappa shape index (κ1) is 18.2. The van der Waals surface area contributed by atoms with Crippen molar-refractivity contribution in [1.82, 2.24) is 0 Å². The third-order valence-electron chi connectivity index (χ3n) is 3.16. The molecule has 0 unspecified atom stereocenters. The first-order chi connectivity index (χ1) is 12.4. The van der Waals surface area contributed by atoms with Crippen LogP contribution in [0.5, 0.6) is 11.5 Å². The van der Waals surface area contributed by atoms with Crippen molar-refractivity contribution in [3.63, 3.8) is 0 Å². The summed E-state index contributed by atoms with van der Waals surface area (Å²) in [4.78, 5) is 17.0. The highest BCUT2D eigenvalue weighted by atomic mass is 32.2. The molecule has 0 amide bonds. The molecule has 9 heteroatoms. The van der Waals surface area contributed by atoms with E-state index in [0.29, 0.717) is 12.2 Å². The van der Waals surface area contributed by atoms with E-state index in [0.717, 1.165) is 11.1 Å². The highest BCUT2D eigenvalue weighted by Gasteiger charge is 2.24. The number of ether oxygens (including phenoxy) is 2. The van der Waals surface area contributed by atoms with Crippen molar-refractivity contribution in [2.45, 2.75) is 6.92 Å². The van der Waals surface area contributed by atoms with Gasteiger partial charge in [0.05, 0.1) is 17.7 Å². The van der Waals surface area contributed by atoms with Crippen molar-refractivity contribution in [3.8, 4) is 11.5 Å². The second-order valence-corrected chi connectivity index (χ2v) is 7.76. The molecule has 1 aromatic carbocycles. The quantitative estimate of drug-likeness (QED) is 0.426. The van der Waals surface area contributed by atoms with Crippen LogP contribution in [0, 0.1) is 0 Å². The lowest BCUT2D eigenvalue weighted by atomic mass is 10.1. The summed E-state index contributed by atoms with van der Waals surface area (Å²) in [6.07, 6.45) is 2.49. The molecule has 26 heavy (non-hydrogen) atoms. The number of thiophene rings is 1. The van der Waals surface area contributed by atoms with E-state index in [9.17, 15) is 13.2 Å². The molecule has 136 valence electrons. The maximum absolute atomic E-state index is 12.0. The van der Waals surface area contributed by atoms with Crippen LogP contribution in [0.15, 0.2) is 46.4 Å². The number of cyclic esters (lactones) is 1. The monoisotopic (exact) mass is 393 g/mol. The van der Waals surface area contributed by atoms with Crippen molar-refractivity contribution in [2.24, 2.45) is 4.99 Å². The van der Waals surface area contributed by atoms with Gasteiger partial charge < -0.3 is 13.7 Å². The minimum absolute atomic E-state index is 0.0771. The summed E-state index contributed by atoms with van der Waals surface area (Å²) in [5.74, 6) is 0.0375. The number of esters is 1. The molecule has 2 heterocycles. The van der Waals surface area contributed by atoms with Crippen LogP contribution in [0.3, 0.4) is 0 Å². The third-order valence-corrected chi connectivity index (χ3v) is 4.50. The normalized spacial score (nSPS) is 15.7. The highest BCUT2D eigenvalue weighted by molar-refractivity contribution is 7.86. The maximum Gasteiger partial charge on any atom is 0.363 e. The molecular formula is C17H15NO6S2. The van der Waals surface area contributed by atoms with Gasteiger partial charge in [-0.1, -0.05) is 12.1 Å². The van der Waals surface area contributed by atoms with E-state index >= 15 is 0 Å². The Hall–Kier alpha value is -2.65. The van der Waals surface area contributed by atoms with E-state index in [-0.39, 0.29) is 23.1 Å². The standard InChI is InChI=1S/C17H15NO6S2/c1-3-22-14-10-11(6-7-13(14)24-26(2,20)21)9-12-17(19)23-16(18-12)15-5-4-8-25-15/h4-10H,3H2,1-2H3. The number of carbonyl (C=O) groups excluding carboxylic acids is 1. The summed E-state index contributed by atoms with van der Waals surface area (Å²) in [5.41, 5.74) is 0.741. The Bertz CT molecular complexity index is 990. The zero-order valence-corrected chi connectivity index (χ0v) is 15.6. The SMILES string of the molecule is CCOc1cc(C=C2N=C(c3cccs3)OC2=O)ccc1OS(C)(=O)=O. The Labute approximate surface area is 154 Å². The van der Waals surface area contributed by atoms with Gasteiger partial charge in [-0.3, -0.25) is 0 Å². The van der Waals surface area contributed by atoms with Gasteiger partial charge in [0.15, 0.2) is 17.2 Å². The van der Waals surface area contributed by atoms with E-state index < -0.39 is 16.1 Å². The van der Waals surface area contributed by atoms with Crippen LogP contribution < -0.4 is 8.92 Å². The van der Waals surface area contributed by atoms with Gasteiger partial charge in [0.25, 0.3) is 0 Å². The molecule has 0 N–H and O–H groups in total. The maximum atomic E-state index is 12.0. The zero-order valence-electron chi connectivity index (χ0n) is 14.0. The largest absolute Gasteiger partial charge is 0.490 e. The number of nitrogens with zero attached hydrogens (tertiary/aromatic N) is 1. The minimum atomic E-state index is -3.68. The van der Waals surface area contributed by atoms with Gasteiger partial charge in [-0.25, -0.2) is 9.79 Å². The second kappa shape index (κ2) is 7.30. The van der Waals surface area contributed by atoms with Crippen LogP contribution in [-0.4, -0.2) is 33.1 Å². The zero-order chi connectivity index (χ0) is 18.7. The molecule has 1 aromatic heterocycles. The van der Waals surface area contributed by atoms with E-state index in [4.69, 9.17) is 13.7 Å². The predicted molar refractivity (Wildman–Crippen MR) is 98.0 cm³/mol. The fourth-order valence-electron chi connectivity index (χ4n) is 2.19. The molecule has 0 radical (unpaired) electrons. The number of carbonyl (C=O) groups is 1. The number of hydrogen-bond donors (Lipinski definition) is 0. The van der Waals surface area contributed by atoms with Crippen LogP contribution in [0.2, 0.25) is 0 Å². The summed E-state index contributed by atoms with van der Waals surface area (Å²) in [6, 6.07) is 8.28. The first-order valence-corrected chi connectivity index (χ1v) is 10.3. The van der Waals surface area contributed by atoms with Crippen molar-refractivity contribution < 1.29 is 26.9 Å². The average molecular weight is 393 g/mol. The lowest BCUT2D eigenvalue weighted by Gasteiger charge is -2.10. The molecule has 1 aliphatic rings. The molecular weight excluding hydrogens is 378 g/mol. The van der Waals surface area contributed by atoms with Gasteiger partial charge in [0.1, 0.15) is 0 Å². The molecule has 0 atom stereocenters. The van der Waals surface area contributed by atoms with Gasteiger partial charge in [0.2, 0.25) is 5.90 Å². The Balaban J connectivity index is 1.93. The molecule has 0 saturated carbocycles. The first-order valence-electron chi connectivity index (χ1n) is 7.58. The molecule has 2 aromatic rings. The van der Waals surface area contributed by atoms with Gasteiger partial charge in [-0.15, -0.1) is 11.3 Å². The summed E-state index contributed by atoms with van der Waals surface area (Å²) < 4.78 is 38.2. The van der Waals surface area contributed by atoms with E-state index in [1.54, 1.807) is 19.1 Å². The Morgan fingerprint density at radius 2 is 2.08 bits per heavy atom. The summed E-state index contributed by atoms with van der Waals surface area (Å²) in [6.45, 7) is 2.09. The number of rotatable bonds is 6. The smallest absolute Gasteiger partial charge is 0.363 e. The average Bonchev–Trinajstić information content (AvgIpc) is 3.19. The molecule has 0 aliphatic carbocycles. The molecule has 0 fully saturated rings. The molecule has 1 aliphatic heterocycles. The number of hydrogen-bond acceptors (Lipinski definition) is 8. The van der Waals surface area contributed by atoms with Crippen molar-refractivity contribution in [2.75, 3.05) is 12.9 Å². The molecule has 0 saturated heterocycles. The van der Waals surface area contributed by atoms with E-state index in [2.05, 4.69) is 4.99 Å². The predicted octanol–water partition coefficient (Wildman–Crippen LogP) is 2.83. The van der Waals surface area contributed by atoms with Crippen molar-refractivity contribution in [1.29, 1.82) is 0 Å². The van der Waals surface area contributed by atoms with E-state index in [1.165, 1.54) is 23.5 Å². The van der Waals surface area contributed by atoms with Crippen LogP contribution in [0.4, 0.5) is 0 Å². The topological polar surface area (TPSA) is 91.3 Å². The fraction of sp³-hybridized carbons (Fsp3) is 0.176. The van der Waals surface area contributed by atoms with Crippen LogP contribution in [0.25, 0.3) is 6.08 Å². The Kier molecular flexibility index (Phi) is 5.10. The number of benzene rings is 1. The van der Waals surface area contributed by atoms with Gasteiger partial charge in [-0.05, 0) is 42.1 Å². The van der Waals surface area contributed by atoms with Gasteiger partial charge in [0, 0.05) is 0 Å². The van der Waals surface area contributed by atoms with Gasteiger partial charge in [-0.2, -0.15) is 8.42 Å². The molecule has 0 spiro atoms. The lowest BCUT2D eigenvalue weighted by Crippen LogP contribution is -2.07. The molecule has 3 rings (SSSR count). The van der Waals surface area contributed by atoms with E-state index in [1.807, 2.05) is 17.5 Å². The van der Waals surface area contributed by atoms with Crippen molar-refractivity contribution >= 4 is 39.4 Å². The fourth-order valence-corrected chi connectivity index (χ4v) is 3.30. The summed E-state index contributed by atoms with van der Waals surface area (Å²) >= 11 is 1.42. The highest BCUT2D eigenvalue weighted by Crippen LogP contribution is 2.31. The molecule has 0 bridgehead atoms. The van der Waals surface area contributed by atoms with Gasteiger partial charge >= 0.3 is 16.1 Å². The third kappa shape index (κ3) is 4.30. The summed E-state index contributed by atoms with van der Waals surface area (Å²) in [7, 11) is -3.68. The van der Waals surface area contributed by atoms with Crippen LogP contribution in [0.1, 0.15) is 17.4 Å². The minimum Gasteiger partial charge on any atom is -0.490 e. The van der Waals surface area contributed by atoms with Crippen LogP contribution in [-0.2, 0) is 19.6 Å². The Morgan fingerprint density at radius 1 is 1.27 bits per heavy atom. The Morgan fingerprint density at radius 3 is 2.73 bits per heavy atom. The second-order valence-electron chi connectivity index (χ2n) is 5.24. The van der Waals surface area contributed by atoms with Crippen molar-refractivity contribution in [3.05, 3.63) is 51.8 Å². The summed E-state index contributed by atoms with van der Waals surface area (Å²) in [5, 5.41) is 1.86. The lowest BCUT2D eigenvalue weighted by molar-refractivity contribution is -0.129. The molecule has 7 nitrogen and oxygen atoms in total. The number of aliphatic imine (C=N–C) groups is 1. The van der Waals surface area contributed by atoms with Crippen LogP contribution >= 0.6 is 11.3 Å².